The second kappa shape index (κ2) is 5.69. The van der Waals surface area contributed by atoms with E-state index in [1.165, 1.54) is 5.56 Å². The molecule has 0 unspecified atom stereocenters. The van der Waals surface area contributed by atoms with Gasteiger partial charge in [0.25, 0.3) is 5.91 Å². The van der Waals surface area contributed by atoms with E-state index in [9.17, 15) is 4.79 Å². The molecule has 19 heavy (non-hydrogen) atoms. The summed E-state index contributed by atoms with van der Waals surface area (Å²) in [6, 6.07) is 9.63. The fourth-order valence-corrected chi connectivity index (χ4v) is 1.90. The van der Waals surface area contributed by atoms with Gasteiger partial charge in [-0.25, -0.2) is 0 Å². The first-order chi connectivity index (χ1) is 9.15. The maximum Gasteiger partial charge on any atom is 0.276 e. The lowest BCUT2D eigenvalue weighted by Crippen LogP contribution is -2.30. The van der Waals surface area contributed by atoms with Crippen LogP contribution in [0.25, 0.3) is 11.3 Å². The largest absolute Gasteiger partial charge is 0.355 e. The fraction of sp³-hybridized carbons (Fsp3) is 0.333. The molecule has 0 spiro atoms. The van der Waals surface area contributed by atoms with E-state index in [0.29, 0.717) is 24.5 Å². The van der Waals surface area contributed by atoms with Crippen LogP contribution in [0.3, 0.4) is 0 Å². The highest BCUT2D eigenvalue weighted by Gasteiger charge is 2.17. The van der Waals surface area contributed by atoms with Crippen molar-refractivity contribution in [3.8, 4) is 11.3 Å². The molecule has 1 aromatic carbocycles. The number of carbonyl (C=O) groups excluding carboxylic acids is 1. The third-order valence-electron chi connectivity index (χ3n) is 3.12. The summed E-state index contributed by atoms with van der Waals surface area (Å²) in [7, 11) is 0. The standard InChI is InChI=1S/C15H18N2O2/c1-4-17(5-2)15(18)13-10-14(19-16-13)12-8-6-11(3)7-9-12/h6-10H,4-5H2,1-3H3. The first-order valence-corrected chi connectivity index (χ1v) is 6.48. The number of aromatic nitrogens is 1. The van der Waals surface area contributed by atoms with Gasteiger partial charge in [-0.15, -0.1) is 0 Å². The molecule has 0 radical (unpaired) electrons. The second-order valence-electron chi connectivity index (χ2n) is 4.42. The zero-order chi connectivity index (χ0) is 13.8. The lowest BCUT2D eigenvalue weighted by molar-refractivity contribution is 0.0762. The maximum atomic E-state index is 12.1. The average molecular weight is 258 g/mol. The molecule has 0 atom stereocenters. The summed E-state index contributed by atoms with van der Waals surface area (Å²) in [5.41, 5.74) is 2.47. The van der Waals surface area contributed by atoms with E-state index < -0.39 is 0 Å². The molecule has 2 aromatic rings. The molecule has 1 heterocycles. The molecule has 100 valence electrons. The van der Waals surface area contributed by atoms with Crippen molar-refractivity contribution in [1.29, 1.82) is 0 Å². The van der Waals surface area contributed by atoms with Crippen molar-refractivity contribution >= 4 is 5.91 Å². The van der Waals surface area contributed by atoms with Gasteiger partial charge in [0, 0.05) is 24.7 Å². The van der Waals surface area contributed by atoms with Crippen LogP contribution in [0.15, 0.2) is 34.9 Å². The fourth-order valence-electron chi connectivity index (χ4n) is 1.90. The van der Waals surface area contributed by atoms with E-state index in [1.54, 1.807) is 11.0 Å². The molecule has 0 aliphatic carbocycles. The molecule has 4 heteroatoms. The quantitative estimate of drug-likeness (QED) is 0.846. The van der Waals surface area contributed by atoms with Crippen LogP contribution in [0.1, 0.15) is 29.9 Å². The molecule has 4 nitrogen and oxygen atoms in total. The molecule has 0 fully saturated rings. The first kappa shape index (κ1) is 13.3. The third kappa shape index (κ3) is 2.84. The number of hydrogen-bond donors (Lipinski definition) is 0. The molecule has 0 aliphatic rings. The van der Waals surface area contributed by atoms with Crippen LogP contribution in [0.2, 0.25) is 0 Å². The van der Waals surface area contributed by atoms with Gasteiger partial charge in [0.2, 0.25) is 0 Å². The number of hydrogen-bond acceptors (Lipinski definition) is 3. The normalized spacial score (nSPS) is 10.5. The molecule has 0 saturated carbocycles. The number of benzene rings is 1. The van der Waals surface area contributed by atoms with Gasteiger partial charge in [-0.3, -0.25) is 4.79 Å². The summed E-state index contributed by atoms with van der Waals surface area (Å²) in [6.45, 7) is 7.26. The smallest absolute Gasteiger partial charge is 0.276 e. The average Bonchev–Trinajstić information content (AvgIpc) is 2.90. The van der Waals surface area contributed by atoms with E-state index in [2.05, 4.69) is 5.16 Å². The van der Waals surface area contributed by atoms with Gasteiger partial charge in [-0.05, 0) is 20.8 Å². The summed E-state index contributed by atoms with van der Waals surface area (Å²) < 4.78 is 5.25. The molecule has 0 saturated heterocycles. The summed E-state index contributed by atoms with van der Waals surface area (Å²) in [5, 5.41) is 3.87. The molecule has 2 rings (SSSR count). The highest BCUT2D eigenvalue weighted by molar-refractivity contribution is 5.93. The van der Waals surface area contributed by atoms with Gasteiger partial charge in [0.1, 0.15) is 0 Å². The summed E-state index contributed by atoms with van der Waals surface area (Å²) in [6.07, 6.45) is 0. The van der Waals surface area contributed by atoms with Gasteiger partial charge in [-0.2, -0.15) is 0 Å². The Balaban J connectivity index is 2.23. The van der Waals surface area contributed by atoms with Crippen LogP contribution < -0.4 is 0 Å². The lowest BCUT2D eigenvalue weighted by Gasteiger charge is -2.16. The number of rotatable bonds is 4. The predicted molar refractivity (Wildman–Crippen MR) is 73.9 cm³/mol. The van der Waals surface area contributed by atoms with Crippen LogP contribution in [0.5, 0.6) is 0 Å². The zero-order valence-electron chi connectivity index (χ0n) is 11.5. The molecular weight excluding hydrogens is 240 g/mol. The van der Waals surface area contributed by atoms with Crippen molar-refractivity contribution in [2.45, 2.75) is 20.8 Å². The van der Waals surface area contributed by atoms with Gasteiger partial charge in [-0.1, -0.05) is 35.0 Å². The SMILES string of the molecule is CCN(CC)C(=O)c1cc(-c2ccc(C)cc2)on1. The Morgan fingerprint density at radius 1 is 1.21 bits per heavy atom. The highest BCUT2D eigenvalue weighted by atomic mass is 16.5. The highest BCUT2D eigenvalue weighted by Crippen LogP contribution is 2.21. The van der Waals surface area contributed by atoms with E-state index in [0.717, 1.165) is 5.56 Å². The number of amides is 1. The van der Waals surface area contributed by atoms with Crippen LogP contribution in [-0.2, 0) is 0 Å². The summed E-state index contributed by atoms with van der Waals surface area (Å²) in [5.74, 6) is 0.530. The Bertz CT molecular complexity index is 554. The van der Waals surface area contributed by atoms with Gasteiger partial charge < -0.3 is 9.42 Å². The lowest BCUT2D eigenvalue weighted by atomic mass is 10.1. The van der Waals surface area contributed by atoms with Crippen molar-refractivity contribution in [2.75, 3.05) is 13.1 Å². The monoisotopic (exact) mass is 258 g/mol. The zero-order valence-corrected chi connectivity index (χ0v) is 11.5. The predicted octanol–water partition coefficient (Wildman–Crippen LogP) is 3.13. The Kier molecular flexibility index (Phi) is 4.00. The topological polar surface area (TPSA) is 46.3 Å². The van der Waals surface area contributed by atoms with Crippen molar-refractivity contribution in [2.24, 2.45) is 0 Å². The Morgan fingerprint density at radius 3 is 2.42 bits per heavy atom. The number of nitrogens with zero attached hydrogens (tertiary/aromatic N) is 2. The van der Waals surface area contributed by atoms with Gasteiger partial charge in [0.05, 0.1) is 0 Å². The van der Waals surface area contributed by atoms with Crippen molar-refractivity contribution in [3.05, 3.63) is 41.6 Å². The number of aryl methyl sites for hydroxylation is 1. The molecule has 1 aromatic heterocycles. The van der Waals surface area contributed by atoms with E-state index in [-0.39, 0.29) is 5.91 Å². The summed E-state index contributed by atoms with van der Waals surface area (Å²) >= 11 is 0. The van der Waals surface area contributed by atoms with Crippen LogP contribution in [-0.4, -0.2) is 29.1 Å². The van der Waals surface area contributed by atoms with Gasteiger partial charge >= 0.3 is 0 Å². The molecule has 0 bridgehead atoms. The Hall–Kier alpha value is -2.10. The van der Waals surface area contributed by atoms with E-state index in [4.69, 9.17) is 4.52 Å². The van der Waals surface area contributed by atoms with Crippen LogP contribution >= 0.6 is 0 Å². The molecular formula is C15H18N2O2. The third-order valence-corrected chi connectivity index (χ3v) is 3.12. The minimum atomic E-state index is -0.0906. The van der Waals surface area contributed by atoms with Crippen LogP contribution in [0, 0.1) is 6.92 Å². The molecule has 0 aliphatic heterocycles. The van der Waals surface area contributed by atoms with Crippen molar-refractivity contribution in [1.82, 2.24) is 10.1 Å². The van der Waals surface area contributed by atoms with E-state index >= 15 is 0 Å². The van der Waals surface area contributed by atoms with Crippen LogP contribution in [0.4, 0.5) is 0 Å². The maximum absolute atomic E-state index is 12.1. The Labute approximate surface area is 113 Å². The molecule has 1 amide bonds. The first-order valence-electron chi connectivity index (χ1n) is 6.48. The number of carbonyl (C=O) groups is 1. The minimum absolute atomic E-state index is 0.0906. The summed E-state index contributed by atoms with van der Waals surface area (Å²) in [4.78, 5) is 13.8. The molecule has 0 N–H and O–H groups in total. The Morgan fingerprint density at radius 2 is 1.84 bits per heavy atom. The minimum Gasteiger partial charge on any atom is -0.355 e. The van der Waals surface area contributed by atoms with E-state index in [1.807, 2.05) is 45.0 Å². The van der Waals surface area contributed by atoms with Crippen molar-refractivity contribution in [3.63, 3.8) is 0 Å². The second-order valence-corrected chi connectivity index (χ2v) is 4.42. The van der Waals surface area contributed by atoms with Crippen molar-refractivity contribution < 1.29 is 9.32 Å². The van der Waals surface area contributed by atoms with Gasteiger partial charge in [0.15, 0.2) is 11.5 Å².